The highest BCUT2D eigenvalue weighted by atomic mass is 16.3. The lowest BCUT2D eigenvalue weighted by Gasteiger charge is -2.29. The van der Waals surface area contributed by atoms with Gasteiger partial charge in [0, 0.05) is 18.1 Å². The van der Waals surface area contributed by atoms with Crippen LogP contribution in [0.5, 0.6) is 0 Å². The largest absolute Gasteiger partial charge is 0.456 e. The molecule has 0 aliphatic carbocycles. The summed E-state index contributed by atoms with van der Waals surface area (Å²) in [4.78, 5) is 11.9. The number of hydrogen-bond acceptors (Lipinski definition) is 3. The SMILES string of the molecule is Cc1ccc(C(=O)NC2CC3CCC(C2)N3)o1. The maximum Gasteiger partial charge on any atom is 0.287 e. The summed E-state index contributed by atoms with van der Waals surface area (Å²) in [5.41, 5.74) is 0. The Morgan fingerprint density at radius 1 is 1.35 bits per heavy atom. The second-order valence-electron chi connectivity index (χ2n) is 5.19. The standard InChI is InChI=1S/C13H18N2O2/c1-8-2-5-12(17-8)13(16)15-11-6-9-3-4-10(7-11)14-9/h2,5,9-11,14H,3-4,6-7H2,1H3,(H,15,16). The van der Waals surface area contributed by atoms with Crippen molar-refractivity contribution in [3.05, 3.63) is 23.7 Å². The van der Waals surface area contributed by atoms with E-state index in [9.17, 15) is 4.79 Å². The number of furan rings is 1. The average Bonchev–Trinajstić information content (AvgIpc) is 2.85. The molecule has 0 aromatic carbocycles. The van der Waals surface area contributed by atoms with E-state index in [4.69, 9.17) is 4.42 Å². The second kappa shape index (κ2) is 4.18. The molecule has 2 unspecified atom stereocenters. The van der Waals surface area contributed by atoms with Gasteiger partial charge < -0.3 is 15.1 Å². The Bertz CT molecular complexity index is 415. The molecule has 1 amide bonds. The fourth-order valence-corrected chi connectivity index (χ4v) is 2.99. The van der Waals surface area contributed by atoms with Crippen LogP contribution in [0.15, 0.2) is 16.5 Å². The third-order valence-electron chi connectivity index (χ3n) is 3.77. The van der Waals surface area contributed by atoms with Gasteiger partial charge in [-0.05, 0) is 44.7 Å². The first-order chi connectivity index (χ1) is 8.20. The summed E-state index contributed by atoms with van der Waals surface area (Å²) in [5, 5.41) is 6.64. The van der Waals surface area contributed by atoms with Gasteiger partial charge in [-0.2, -0.15) is 0 Å². The fraction of sp³-hybridized carbons (Fsp3) is 0.615. The zero-order valence-corrected chi connectivity index (χ0v) is 10.0. The van der Waals surface area contributed by atoms with Crippen LogP contribution in [0.25, 0.3) is 0 Å². The highest BCUT2D eigenvalue weighted by molar-refractivity contribution is 5.91. The van der Waals surface area contributed by atoms with E-state index in [1.807, 2.05) is 13.0 Å². The van der Waals surface area contributed by atoms with Crippen LogP contribution in [0.4, 0.5) is 0 Å². The van der Waals surface area contributed by atoms with E-state index in [1.165, 1.54) is 12.8 Å². The van der Waals surface area contributed by atoms with Crippen molar-refractivity contribution in [2.24, 2.45) is 0 Å². The minimum absolute atomic E-state index is 0.0793. The van der Waals surface area contributed by atoms with Crippen LogP contribution in [-0.4, -0.2) is 24.0 Å². The summed E-state index contributed by atoms with van der Waals surface area (Å²) in [6, 6.07) is 5.04. The third-order valence-corrected chi connectivity index (χ3v) is 3.77. The number of carbonyl (C=O) groups excluding carboxylic acids is 1. The molecule has 0 spiro atoms. The lowest BCUT2D eigenvalue weighted by molar-refractivity contribution is 0.0894. The molecule has 1 aromatic rings. The van der Waals surface area contributed by atoms with Crippen molar-refractivity contribution >= 4 is 5.91 Å². The predicted molar refractivity (Wildman–Crippen MR) is 63.9 cm³/mol. The molecule has 3 heterocycles. The van der Waals surface area contributed by atoms with Gasteiger partial charge in [0.15, 0.2) is 5.76 Å². The second-order valence-corrected chi connectivity index (χ2v) is 5.19. The molecular weight excluding hydrogens is 216 g/mol. The van der Waals surface area contributed by atoms with E-state index in [0.29, 0.717) is 23.9 Å². The molecule has 0 radical (unpaired) electrons. The molecule has 3 rings (SSSR count). The smallest absolute Gasteiger partial charge is 0.287 e. The summed E-state index contributed by atoms with van der Waals surface area (Å²) in [6.45, 7) is 1.85. The van der Waals surface area contributed by atoms with Gasteiger partial charge in [0.1, 0.15) is 5.76 Å². The van der Waals surface area contributed by atoms with Crippen LogP contribution < -0.4 is 10.6 Å². The van der Waals surface area contributed by atoms with E-state index in [1.54, 1.807) is 6.07 Å². The zero-order chi connectivity index (χ0) is 11.8. The van der Waals surface area contributed by atoms with Crippen molar-refractivity contribution in [1.29, 1.82) is 0 Å². The molecule has 2 atom stereocenters. The van der Waals surface area contributed by atoms with Crippen LogP contribution in [-0.2, 0) is 0 Å². The highest BCUT2D eigenvalue weighted by Crippen LogP contribution is 2.26. The molecule has 2 N–H and O–H groups in total. The Labute approximate surface area is 101 Å². The van der Waals surface area contributed by atoms with Gasteiger partial charge in [0.05, 0.1) is 0 Å². The number of amides is 1. The number of nitrogens with one attached hydrogen (secondary N) is 2. The molecule has 0 saturated carbocycles. The van der Waals surface area contributed by atoms with E-state index in [2.05, 4.69) is 10.6 Å². The molecule has 1 aromatic heterocycles. The summed E-state index contributed by atoms with van der Waals surface area (Å²) in [5.74, 6) is 1.12. The number of aryl methyl sites for hydroxylation is 1. The number of fused-ring (bicyclic) bond motifs is 2. The van der Waals surface area contributed by atoms with Crippen LogP contribution in [0, 0.1) is 6.92 Å². The Morgan fingerprint density at radius 2 is 2.06 bits per heavy atom. The van der Waals surface area contributed by atoms with Crippen molar-refractivity contribution in [3.8, 4) is 0 Å². The first-order valence-electron chi connectivity index (χ1n) is 6.34. The molecular formula is C13H18N2O2. The first kappa shape index (κ1) is 10.8. The van der Waals surface area contributed by atoms with E-state index < -0.39 is 0 Å². The van der Waals surface area contributed by atoms with Crippen molar-refractivity contribution in [1.82, 2.24) is 10.6 Å². The molecule has 4 heteroatoms. The quantitative estimate of drug-likeness (QED) is 0.817. The van der Waals surface area contributed by atoms with Crippen LogP contribution in [0.2, 0.25) is 0 Å². The molecule has 2 fully saturated rings. The van der Waals surface area contributed by atoms with Crippen LogP contribution >= 0.6 is 0 Å². The number of piperidine rings is 1. The third kappa shape index (κ3) is 2.22. The van der Waals surface area contributed by atoms with Gasteiger partial charge in [0.2, 0.25) is 0 Å². The van der Waals surface area contributed by atoms with Crippen molar-refractivity contribution in [2.45, 2.75) is 50.7 Å². The van der Waals surface area contributed by atoms with E-state index >= 15 is 0 Å². The van der Waals surface area contributed by atoms with Crippen molar-refractivity contribution in [3.63, 3.8) is 0 Å². The van der Waals surface area contributed by atoms with Crippen molar-refractivity contribution < 1.29 is 9.21 Å². The van der Waals surface area contributed by atoms with Crippen LogP contribution in [0.3, 0.4) is 0 Å². The number of carbonyl (C=O) groups is 1. The molecule has 2 aliphatic heterocycles. The topological polar surface area (TPSA) is 54.3 Å². The van der Waals surface area contributed by atoms with Crippen molar-refractivity contribution in [2.75, 3.05) is 0 Å². The van der Waals surface area contributed by atoms with Gasteiger partial charge in [-0.3, -0.25) is 4.79 Å². The lowest BCUT2D eigenvalue weighted by atomic mass is 10.00. The minimum Gasteiger partial charge on any atom is -0.456 e. The monoisotopic (exact) mass is 234 g/mol. The van der Waals surface area contributed by atoms with Gasteiger partial charge in [-0.1, -0.05) is 0 Å². The Balaban J connectivity index is 1.62. The van der Waals surface area contributed by atoms with E-state index in [0.717, 1.165) is 18.6 Å². The number of rotatable bonds is 2. The molecule has 4 nitrogen and oxygen atoms in total. The molecule has 92 valence electrons. The Morgan fingerprint density at radius 3 is 2.65 bits per heavy atom. The van der Waals surface area contributed by atoms with Gasteiger partial charge in [0.25, 0.3) is 5.91 Å². The lowest BCUT2D eigenvalue weighted by Crippen LogP contribution is -2.47. The Kier molecular flexibility index (Phi) is 2.67. The maximum atomic E-state index is 11.9. The normalized spacial score (nSPS) is 31.5. The summed E-state index contributed by atoms with van der Waals surface area (Å²) < 4.78 is 5.33. The maximum absolute atomic E-state index is 11.9. The van der Waals surface area contributed by atoms with Gasteiger partial charge >= 0.3 is 0 Å². The molecule has 2 bridgehead atoms. The van der Waals surface area contributed by atoms with Gasteiger partial charge in [-0.15, -0.1) is 0 Å². The predicted octanol–water partition coefficient (Wildman–Crippen LogP) is 1.60. The molecule has 2 saturated heterocycles. The first-order valence-corrected chi connectivity index (χ1v) is 6.34. The number of hydrogen-bond donors (Lipinski definition) is 2. The fourth-order valence-electron chi connectivity index (χ4n) is 2.99. The highest BCUT2D eigenvalue weighted by Gasteiger charge is 2.34. The zero-order valence-electron chi connectivity index (χ0n) is 10.0. The summed E-state index contributed by atoms with van der Waals surface area (Å²) in [6.07, 6.45) is 4.58. The van der Waals surface area contributed by atoms with Gasteiger partial charge in [-0.25, -0.2) is 0 Å². The summed E-state index contributed by atoms with van der Waals surface area (Å²) in [7, 11) is 0. The summed E-state index contributed by atoms with van der Waals surface area (Å²) >= 11 is 0. The van der Waals surface area contributed by atoms with E-state index in [-0.39, 0.29) is 5.91 Å². The molecule has 2 aliphatic rings. The molecule has 17 heavy (non-hydrogen) atoms. The Hall–Kier alpha value is -1.29. The minimum atomic E-state index is -0.0793. The van der Waals surface area contributed by atoms with Crippen LogP contribution in [0.1, 0.15) is 42.0 Å². The average molecular weight is 234 g/mol.